The fourth-order valence-corrected chi connectivity index (χ4v) is 4.74. The Kier molecular flexibility index (Phi) is 7.14. The maximum atomic E-state index is 12.4. The zero-order chi connectivity index (χ0) is 19.2. The van der Waals surface area contributed by atoms with Crippen molar-refractivity contribution < 1.29 is 13.2 Å². The lowest BCUT2D eigenvalue weighted by atomic mass is 10.2. The molecule has 0 unspecified atom stereocenters. The third-order valence-electron chi connectivity index (χ3n) is 3.88. The molecule has 0 spiro atoms. The van der Waals surface area contributed by atoms with E-state index in [2.05, 4.69) is 5.32 Å². The molecule has 26 heavy (non-hydrogen) atoms. The van der Waals surface area contributed by atoms with Crippen molar-refractivity contribution in [2.24, 2.45) is 0 Å². The molecule has 1 amide bonds. The third kappa shape index (κ3) is 5.27. The SMILES string of the molecule is CCN(CC)S(=O)(=O)c1ccc(/C=C/C(=O)NCc2ccc(C)s2)cc1. The maximum absolute atomic E-state index is 12.4. The van der Waals surface area contributed by atoms with Crippen molar-refractivity contribution in [3.8, 4) is 0 Å². The van der Waals surface area contributed by atoms with E-state index in [4.69, 9.17) is 0 Å². The standard InChI is InChI=1S/C19H24N2O3S2/c1-4-21(5-2)26(23,24)18-11-7-16(8-12-18)9-13-19(22)20-14-17-10-6-15(3)25-17/h6-13H,4-5,14H2,1-3H3,(H,20,22)/b13-9+. The van der Waals surface area contributed by atoms with Crippen LogP contribution in [0.15, 0.2) is 47.4 Å². The number of sulfonamides is 1. The third-order valence-corrected chi connectivity index (χ3v) is 6.95. The van der Waals surface area contributed by atoms with Gasteiger partial charge in [0.1, 0.15) is 0 Å². The van der Waals surface area contributed by atoms with Crippen molar-refractivity contribution in [2.45, 2.75) is 32.2 Å². The van der Waals surface area contributed by atoms with E-state index in [0.717, 1.165) is 10.4 Å². The van der Waals surface area contributed by atoms with Crippen LogP contribution in [0, 0.1) is 6.92 Å². The Morgan fingerprint density at radius 3 is 2.31 bits per heavy atom. The first-order valence-electron chi connectivity index (χ1n) is 8.48. The smallest absolute Gasteiger partial charge is 0.244 e. The van der Waals surface area contributed by atoms with Crippen LogP contribution in [0.5, 0.6) is 0 Å². The number of amides is 1. The molecule has 0 aliphatic carbocycles. The predicted molar refractivity (Wildman–Crippen MR) is 106 cm³/mol. The average Bonchev–Trinajstić information content (AvgIpc) is 3.04. The Morgan fingerprint density at radius 2 is 1.77 bits per heavy atom. The number of nitrogens with one attached hydrogen (secondary N) is 1. The highest BCUT2D eigenvalue weighted by atomic mass is 32.2. The molecule has 0 radical (unpaired) electrons. The van der Waals surface area contributed by atoms with Gasteiger partial charge in [-0.3, -0.25) is 4.79 Å². The van der Waals surface area contributed by atoms with E-state index in [0.29, 0.717) is 19.6 Å². The van der Waals surface area contributed by atoms with E-state index >= 15 is 0 Å². The predicted octanol–water partition coefficient (Wildman–Crippen LogP) is 3.42. The van der Waals surface area contributed by atoms with Crippen molar-refractivity contribution in [2.75, 3.05) is 13.1 Å². The lowest BCUT2D eigenvalue weighted by Crippen LogP contribution is -2.30. The summed E-state index contributed by atoms with van der Waals surface area (Å²) in [7, 11) is -3.46. The summed E-state index contributed by atoms with van der Waals surface area (Å²) in [5, 5.41) is 2.83. The van der Waals surface area contributed by atoms with E-state index in [-0.39, 0.29) is 10.8 Å². The van der Waals surface area contributed by atoms with Gasteiger partial charge in [0.25, 0.3) is 0 Å². The van der Waals surface area contributed by atoms with Gasteiger partial charge in [-0.25, -0.2) is 8.42 Å². The second-order valence-corrected chi connectivity index (χ2v) is 9.03. The number of hydrogen-bond acceptors (Lipinski definition) is 4. The molecule has 2 rings (SSSR count). The molecule has 0 aliphatic heterocycles. The van der Waals surface area contributed by atoms with Gasteiger partial charge in [0, 0.05) is 28.9 Å². The number of carbonyl (C=O) groups excluding carboxylic acids is 1. The molecule has 0 fully saturated rings. The number of rotatable bonds is 8. The van der Waals surface area contributed by atoms with E-state index in [1.165, 1.54) is 15.3 Å². The van der Waals surface area contributed by atoms with Gasteiger partial charge in [-0.15, -0.1) is 11.3 Å². The van der Waals surface area contributed by atoms with Gasteiger partial charge in [0.15, 0.2) is 0 Å². The maximum Gasteiger partial charge on any atom is 0.244 e. The highest BCUT2D eigenvalue weighted by molar-refractivity contribution is 7.89. The van der Waals surface area contributed by atoms with Crippen LogP contribution >= 0.6 is 11.3 Å². The largest absolute Gasteiger partial charge is 0.348 e. The summed E-state index contributed by atoms with van der Waals surface area (Å²) < 4.78 is 26.3. The van der Waals surface area contributed by atoms with Crippen LogP contribution in [0.25, 0.3) is 6.08 Å². The van der Waals surface area contributed by atoms with Gasteiger partial charge in [-0.1, -0.05) is 26.0 Å². The minimum Gasteiger partial charge on any atom is -0.348 e. The zero-order valence-corrected chi connectivity index (χ0v) is 16.9. The topological polar surface area (TPSA) is 66.5 Å². The first-order chi connectivity index (χ1) is 12.4. The summed E-state index contributed by atoms with van der Waals surface area (Å²) in [6.07, 6.45) is 3.12. The molecule has 1 aromatic carbocycles. The highest BCUT2D eigenvalue weighted by Crippen LogP contribution is 2.17. The zero-order valence-electron chi connectivity index (χ0n) is 15.2. The highest BCUT2D eigenvalue weighted by Gasteiger charge is 2.20. The fourth-order valence-electron chi connectivity index (χ4n) is 2.45. The van der Waals surface area contributed by atoms with Gasteiger partial charge < -0.3 is 5.32 Å². The Balaban J connectivity index is 1.97. The molecule has 0 saturated carbocycles. The van der Waals surface area contributed by atoms with Crippen molar-refractivity contribution >= 4 is 33.3 Å². The monoisotopic (exact) mass is 392 g/mol. The Hall–Kier alpha value is -1.96. The summed E-state index contributed by atoms with van der Waals surface area (Å²) in [5.74, 6) is -0.184. The molecule has 2 aromatic rings. The first kappa shape index (κ1) is 20.4. The van der Waals surface area contributed by atoms with Gasteiger partial charge >= 0.3 is 0 Å². The van der Waals surface area contributed by atoms with E-state index in [1.54, 1.807) is 41.7 Å². The minimum absolute atomic E-state index is 0.184. The lowest BCUT2D eigenvalue weighted by molar-refractivity contribution is -0.116. The Bertz CT molecular complexity index is 864. The van der Waals surface area contributed by atoms with Gasteiger partial charge in [0.05, 0.1) is 11.4 Å². The van der Waals surface area contributed by atoms with Crippen LogP contribution in [-0.2, 0) is 21.4 Å². The molecule has 1 N–H and O–H groups in total. The number of benzene rings is 1. The fraction of sp³-hybridized carbons (Fsp3) is 0.316. The van der Waals surface area contributed by atoms with Crippen LogP contribution in [0.1, 0.15) is 29.2 Å². The van der Waals surface area contributed by atoms with Gasteiger partial charge in [-0.2, -0.15) is 4.31 Å². The molecule has 1 heterocycles. The molecule has 0 bridgehead atoms. The molecular weight excluding hydrogens is 368 g/mol. The summed E-state index contributed by atoms with van der Waals surface area (Å²) in [4.78, 5) is 14.5. The molecule has 0 aliphatic rings. The summed E-state index contributed by atoms with van der Waals surface area (Å²) in [6, 6.07) is 10.6. The second kappa shape index (κ2) is 9.12. The quantitative estimate of drug-likeness (QED) is 0.700. The molecule has 7 heteroatoms. The van der Waals surface area contributed by atoms with Crippen molar-refractivity contribution in [1.82, 2.24) is 9.62 Å². The molecule has 1 aromatic heterocycles. The molecule has 0 saturated heterocycles. The number of nitrogens with zero attached hydrogens (tertiary/aromatic N) is 1. The van der Waals surface area contributed by atoms with Crippen molar-refractivity contribution in [1.29, 1.82) is 0 Å². The second-order valence-electron chi connectivity index (χ2n) is 5.72. The molecule has 0 atom stereocenters. The van der Waals surface area contributed by atoms with Crippen molar-refractivity contribution in [3.63, 3.8) is 0 Å². The van der Waals surface area contributed by atoms with Crippen LogP contribution in [0.2, 0.25) is 0 Å². The van der Waals surface area contributed by atoms with E-state index in [9.17, 15) is 13.2 Å². The molecular formula is C19H24N2O3S2. The Morgan fingerprint density at radius 1 is 1.12 bits per heavy atom. The van der Waals surface area contributed by atoms with Gasteiger partial charge in [0.2, 0.25) is 15.9 Å². The van der Waals surface area contributed by atoms with Crippen LogP contribution < -0.4 is 5.32 Å². The van der Waals surface area contributed by atoms with Crippen LogP contribution in [0.4, 0.5) is 0 Å². The minimum atomic E-state index is -3.46. The van der Waals surface area contributed by atoms with Crippen LogP contribution in [-0.4, -0.2) is 31.7 Å². The average molecular weight is 393 g/mol. The number of thiophene rings is 1. The summed E-state index contributed by atoms with van der Waals surface area (Å²) in [6.45, 7) is 7.03. The summed E-state index contributed by atoms with van der Waals surface area (Å²) in [5.41, 5.74) is 0.769. The van der Waals surface area contributed by atoms with Crippen LogP contribution in [0.3, 0.4) is 0 Å². The van der Waals surface area contributed by atoms with Crippen molar-refractivity contribution in [3.05, 3.63) is 57.8 Å². The van der Waals surface area contributed by atoms with E-state index < -0.39 is 10.0 Å². The Labute approximate surface area is 159 Å². The van der Waals surface area contributed by atoms with E-state index in [1.807, 2.05) is 32.9 Å². The first-order valence-corrected chi connectivity index (χ1v) is 10.7. The number of carbonyl (C=O) groups is 1. The lowest BCUT2D eigenvalue weighted by Gasteiger charge is -2.18. The molecule has 140 valence electrons. The van der Waals surface area contributed by atoms with Gasteiger partial charge in [-0.05, 0) is 42.8 Å². The molecule has 5 nitrogen and oxygen atoms in total. The summed E-state index contributed by atoms with van der Waals surface area (Å²) >= 11 is 1.65. The normalized spacial score (nSPS) is 12.0. The number of aryl methyl sites for hydroxylation is 1. The number of hydrogen-bond donors (Lipinski definition) is 1.